The average Bonchev–Trinajstić information content (AvgIpc) is 2.38. The number of halogens is 1. The lowest BCUT2D eigenvalue weighted by Crippen LogP contribution is -2.35. The van der Waals surface area contributed by atoms with Gasteiger partial charge >= 0.3 is 0 Å². The zero-order valence-corrected chi connectivity index (χ0v) is 13.6. The van der Waals surface area contributed by atoms with E-state index in [0.717, 1.165) is 36.2 Å². The van der Waals surface area contributed by atoms with Gasteiger partial charge in [-0.25, -0.2) is 0 Å². The van der Waals surface area contributed by atoms with E-state index < -0.39 is 6.10 Å². The van der Waals surface area contributed by atoms with Crippen molar-refractivity contribution in [3.63, 3.8) is 0 Å². The third-order valence-corrected chi connectivity index (χ3v) is 3.99. The first-order valence-corrected chi connectivity index (χ1v) is 7.51. The van der Waals surface area contributed by atoms with E-state index in [1.165, 1.54) is 0 Å². The first-order valence-electron chi connectivity index (χ1n) is 6.71. The van der Waals surface area contributed by atoms with E-state index in [2.05, 4.69) is 34.7 Å². The number of benzene rings is 1. The van der Waals surface area contributed by atoms with Crippen LogP contribution in [0.25, 0.3) is 0 Å². The van der Waals surface area contributed by atoms with Gasteiger partial charge in [0, 0.05) is 30.7 Å². The lowest BCUT2D eigenvalue weighted by Gasteiger charge is -2.27. The summed E-state index contributed by atoms with van der Waals surface area (Å²) in [6, 6.07) is 8.29. The highest BCUT2D eigenvalue weighted by molar-refractivity contribution is 9.10. The number of ether oxygens (including phenoxy) is 1. The van der Waals surface area contributed by atoms with E-state index in [-0.39, 0.29) is 0 Å². The normalized spacial score (nSPS) is 13.2. The van der Waals surface area contributed by atoms with Crippen molar-refractivity contribution in [1.82, 2.24) is 4.90 Å². The second kappa shape index (κ2) is 8.69. The van der Waals surface area contributed by atoms with Gasteiger partial charge in [0.05, 0.1) is 12.7 Å². The molecule has 108 valence electrons. The molecule has 1 N–H and O–H groups in total. The summed E-state index contributed by atoms with van der Waals surface area (Å²) in [7, 11) is 1.72. The minimum atomic E-state index is -0.431. The Hall–Kier alpha value is -0.420. The van der Waals surface area contributed by atoms with Crippen LogP contribution in [0.5, 0.6) is 0 Å². The molecule has 0 aliphatic heterocycles. The zero-order chi connectivity index (χ0) is 14.3. The van der Waals surface area contributed by atoms with Crippen LogP contribution in [-0.4, -0.2) is 42.9 Å². The Bertz CT molecular complexity index is 371. The van der Waals surface area contributed by atoms with Crippen LogP contribution in [0.4, 0.5) is 0 Å². The van der Waals surface area contributed by atoms with Crippen LogP contribution in [0.3, 0.4) is 0 Å². The number of aliphatic hydroxyl groups excluding tert-OH is 1. The van der Waals surface area contributed by atoms with Gasteiger partial charge in [0.15, 0.2) is 0 Å². The summed E-state index contributed by atoms with van der Waals surface area (Å²) in [5, 5.41) is 10.3. The molecule has 0 bridgehead atoms. The Labute approximate surface area is 124 Å². The van der Waals surface area contributed by atoms with E-state index in [4.69, 9.17) is 4.74 Å². The van der Waals surface area contributed by atoms with Crippen molar-refractivity contribution < 1.29 is 9.84 Å². The maximum absolute atomic E-state index is 10.3. The highest BCUT2D eigenvalue weighted by Crippen LogP contribution is 2.25. The minimum Gasteiger partial charge on any atom is -0.388 e. The predicted molar refractivity (Wildman–Crippen MR) is 82.3 cm³/mol. The molecule has 0 aliphatic rings. The largest absolute Gasteiger partial charge is 0.388 e. The van der Waals surface area contributed by atoms with Gasteiger partial charge in [0.2, 0.25) is 0 Å². The average molecular weight is 330 g/mol. The zero-order valence-electron chi connectivity index (χ0n) is 12.0. The summed E-state index contributed by atoms with van der Waals surface area (Å²) in [6.07, 6.45) is 0.296. The van der Waals surface area contributed by atoms with Crippen LogP contribution in [0, 0.1) is 0 Å². The molecule has 1 atom stereocenters. The molecule has 0 amide bonds. The minimum absolute atomic E-state index is 0.431. The fraction of sp³-hybridized carbons (Fsp3) is 0.600. The topological polar surface area (TPSA) is 32.7 Å². The molecule has 0 aromatic heterocycles. The molecule has 1 aromatic carbocycles. The van der Waals surface area contributed by atoms with Gasteiger partial charge in [-0.15, -0.1) is 0 Å². The van der Waals surface area contributed by atoms with E-state index in [9.17, 15) is 5.11 Å². The molecule has 0 radical (unpaired) electrons. The third kappa shape index (κ3) is 5.61. The van der Waals surface area contributed by atoms with Crippen LogP contribution < -0.4 is 0 Å². The van der Waals surface area contributed by atoms with E-state index in [0.29, 0.717) is 6.04 Å². The Balaban J connectivity index is 2.52. The monoisotopic (exact) mass is 329 g/mol. The standard InChI is InChI=1S/C15H24BrNO2/c1-12(2)17(10-11-19-3)9-8-15(18)13-6-4-5-7-14(13)16/h4-7,12,15,18H,8-11H2,1-3H3. The van der Waals surface area contributed by atoms with Crippen LogP contribution in [0.2, 0.25) is 0 Å². The summed E-state index contributed by atoms with van der Waals surface area (Å²) in [5.74, 6) is 0. The molecule has 1 rings (SSSR count). The SMILES string of the molecule is COCCN(CCC(O)c1ccccc1Br)C(C)C. The van der Waals surface area contributed by atoms with Gasteiger partial charge in [-0.2, -0.15) is 0 Å². The number of hydrogen-bond donors (Lipinski definition) is 1. The number of aliphatic hydroxyl groups is 1. The third-order valence-electron chi connectivity index (χ3n) is 3.27. The Kier molecular flexibility index (Phi) is 7.61. The van der Waals surface area contributed by atoms with Crippen LogP contribution in [-0.2, 0) is 4.74 Å². The van der Waals surface area contributed by atoms with Crippen molar-refractivity contribution >= 4 is 15.9 Å². The molecule has 0 spiro atoms. The van der Waals surface area contributed by atoms with Crippen LogP contribution >= 0.6 is 15.9 Å². The fourth-order valence-electron chi connectivity index (χ4n) is 2.03. The highest BCUT2D eigenvalue weighted by Gasteiger charge is 2.14. The van der Waals surface area contributed by atoms with Gasteiger partial charge in [-0.3, -0.25) is 4.90 Å². The molecule has 0 aliphatic carbocycles. The van der Waals surface area contributed by atoms with E-state index in [1.54, 1.807) is 7.11 Å². The first kappa shape index (κ1) is 16.6. The molecular weight excluding hydrogens is 306 g/mol. The smallest absolute Gasteiger partial charge is 0.0813 e. The second-order valence-corrected chi connectivity index (χ2v) is 5.80. The first-order chi connectivity index (χ1) is 9.06. The number of methoxy groups -OCH3 is 1. The van der Waals surface area contributed by atoms with Crippen LogP contribution in [0.15, 0.2) is 28.7 Å². The number of nitrogens with zero attached hydrogens (tertiary/aromatic N) is 1. The molecule has 0 fully saturated rings. The summed E-state index contributed by atoms with van der Waals surface area (Å²) in [5.41, 5.74) is 0.956. The predicted octanol–water partition coefficient (Wildman–Crippen LogP) is 3.23. The quantitative estimate of drug-likeness (QED) is 0.794. The van der Waals surface area contributed by atoms with Crippen molar-refractivity contribution in [2.45, 2.75) is 32.4 Å². The number of hydrogen-bond acceptors (Lipinski definition) is 3. The van der Waals surface area contributed by atoms with Crippen LogP contribution in [0.1, 0.15) is 31.9 Å². The van der Waals surface area contributed by atoms with Gasteiger partial charge in [-0.1, -0.05) is 34.1 Å². The Morgan fingerprint density at radius 3 is 2.53 bits per heavy atom. The van der Waals surface area contributed by atoms with Gasteiger partial charge in [0.25, 0.3) is 0 Å². The molecule has 1 aromatic rings. The molecule has 3 nitrogen and oxygen atoms in total. The van der Waals surface area contributed by atoms with Crippen molar-refractivity contribution in [1.29, 1.82) is 0 Å². The van der Waals surface area contributed by atoms with Crippen molar-refractivity contribution in [3.8, 4) is 0 Å². The van der Waals surface area contributed by atoms with Crippen molar-refractivity contribution in [2.75, 3.05) is 26.8 Å². The van der Waals surface area contributed by atoms with Crippen molar-refractivity contribution in [3.05, 3.63) is 34.3 Å². The molecule has 19 heavy (non-hydrogen) atoms. The van der Waals surface area contributed by atoms with Gasteiger partial charge in [-0.05, 0) is 31.9 Å². The Morgan fingerprint density at radius 1 is 1.26 bits per heavy atom. The van der Waals surface area contributed by atoms with E-state index >= 15 is 0 Å². The lowest BCUT2D eigenvalue weighted by atomic mass is 10.1. The summed E-state index contributed by atoms with van der Waals surface area (Å²) >= 11 is 3.48. The number of rotatable bonds is 8. The molecule has 1 unspecified atom stereocenters. The molecular formula is C15H24BrNO2. The molecule has 4 heteroatoms. The summed E-state index contributed by atoms with van der Waals surface area (Å²) in [6.45, 7) is 6.82. The van der Waals surface area contributed by atoms with Gasteiger partial charge < -0.3 is 9.84 Å². The molecule has 0 heterocycles. The van der Waals surface area contributed by atoms with E-state index in [1.807, 2.05) is 24.3 Å². The maximum atomic E-state index is 10.3. The summed E-state index contributed by atoms with van der Waals surface area (Å²) < 4.78 is 6.09. The maximum Gasteiger partial charge on any atom is 0.0813 e. The van der Waals surface area contributed by atoms with Crippen molar-refractivity contribution in [2.24, 2.45) is 0 Å². The second-order valence-electron chi connectivity index (χ2n) is 4.95. The Morgan fingerprint density at radius 2 is 1.95 bits per heavy atom. The highest BCUT2D eigenvalue weighted by atomic mass is 79.9. The summed E-state index contributed by atoms with van der Waals surface area (Å²) in [4.78, 5) is 2.32. The van der Waals surface area contributed by atoms with Gasteiger partial charge in [0.1, 0.15) is 0 Å². The fourth-order valence-corrected chi connectivity index (χ4v) is 2.57. The lowest BCUT2D eigenvalue weighted by molar-refractivity contribution is 0.102. The molecule has 0 saturated heterocycles. The molecule has 0 saturated carbocycles.